The van der Waals surface area contributed by atoms with Gasteiger partial charge >= 0.3 is 0 Å². The summed E-state index contributed by atoms with van der Waals surface area (Å²) in [5, 5.41) is 3.65. The first-order valence-corrected chi connectivity index (χ1v) is 7.23. The van der Waals surface area contributed by atoms with Crippen molar-refractivity contribution in [2.24, 2.45) is 0 Å². The van der Waals surface area contributed by atoms with Crippen molar-refractivity contribution in [3.63, 3.8) is 0 Å². The summed E-state index contributed by atoms with van der Waals surface area (Å²) in [6, 6.07) is 4.82. The van der Waals surface area contributed by atoms with Crippen molar-refractivity contribution in [3.8, 4) is 0 Å². The second-order valence-corrected chi connectivity index (χ2v) is 5.21. The first-order valence-electron chi connectivity index (χ1n) is 7.23. The van der Waals surface area contributed by atoms with E-state index in [0.717, 1.165) is 6.54 Å². The molecule has 1 saturated heterocycles. The molecule has 0 radical (unpaired) electrons. The average molecular weight is 247 g/mol. The molecule has 2 heterocycles. The maximum atomic E-state index is 4.15. The fourth-order valence-corrected chi connectivity index (χ4v) is 2.51. The van der Waals surface area contributed by atoms with Crippen LogP contribution in [0.4, 0.5) is 0 Å². The first-order chi connectivity index (χ1) is 8.88. The molecule has 2 rings (SSSR count). The van der Waals surface area contributed by atoms with E-state index in [0.29, 0.717) is 6.04 Å². The van der Waals surface area contributed by atoms with Gasteiger partial charge < -0.3 is 10.2 Å². The fourth-order valence-electron chi connectivity index (χ4n) is 2.51. The van der Waals surface area contributed by atoms with Crippen molar-refractivity contribution in [3.05, 3.63) is 30.1 Å². The maximum Gasteiger partial charge on any atom is 0.0312 e. The predicted molar refractivity (Wildman–Crippen MR) is 75.4 cm³/mol. The number of nitrogens with one attached hydrogen (secondary N) is 1. The quantitative estimate of drug-likeness (QED) is 0.837. The number of hydrogen-bond acceptors (Lipinski definition) is 3. The van der Waals surface area contributed by atoms with E-state index in [4.69, 9.17) is 0 Å². The molecule has 0 spiro atoms. The first kappa shape index (κ1) is 13.5. The zero-order chi connectivity index (χ0) is 12.6. The summed E-state index contributed by atoms with van der Waals surface area (Å²) in [6.45, 7) is 7.01. The molecule has 0 saturated carbocycles. The third kappa shape index (κ3) is 4.39. The van der Waals surface area contributed by atoms with Gasteiger partial charge in [0.15, 0.2) is 0 Å². The number of aromatic nitrogens is 1. The van der Waals surface area contributed by atoms with Gasteiger partial charge in [0.1, 0.15) is 0 Å². The SMILES string of the molecule is CCCCN1CCC(NCc2cccnc2)CC1. The molecule has 3 nitrogen and oxygen atoms in total. The summed E-state index contributed by atoms with van der Waals surface area (Å²) >= 11 is 0. The Balaban J connectivity index is 1.65. The van der Waals surface area contributed by atoms with Gasteiger partial charge in [-0.1, -0.05) is 19.4 Å². The second-order valence-electron chi connectivity index (χ2n) is 5.21. The van der Waals surface area contributed by atoms with E-state index < -0.39 is 0 Å². The highest BCUT2D eigenvalue weighted by atomic mass is 15.1. The molecular weight excluding hydrogens is 222 g/mol. The van der Waals surface area contributed by atoms with Crippen molar-refractivity contribution in [2.45, 2.75) is 45.2 Å². The molecule has 100 valence electrons. The number of rotatable bonds is 6. The lowest BCUT2D eigenvalue weighted by Crippen LogP contribution is -2.42. The second kappa shape index (κ2) is 7.49. The summed E-state index contributed by atoms with van der Waals surface area (Å²) in [5.74, 6) is 0. The van der Waals surface area contributed by atoms with Crippen LogP contribution in [0.3, 0.4) is 0 Å². The lowest BCUT2D eigenvalue weighted by atomic mass is 10.0. The smallest absolute Gasteiger partial charge is 0.0312 e. The van der Waals surface area contributed by atoms with Crippen LogP contribution in [0, 0.1) is 0 Å². The third-order valence-corrected chi connectivity index (χ3v) is 3.73. The Hall–Kier alpha value is -0.930. The average Bonchev–Trinajstić information content (AvgIpc) is 2.45. The monoisotopic (exact) mass is 247 g/mol. The lowest BCUT2D eigenvalue weighted by Gasteiger charge is -2.32. The van der Waals surface area contributed by atoms with E-state index in [1.165, 1.54) is 50.9 Å². The number of likely N-dealkylation sites (tertiary alicyclic amines) is 1. The Morgan fingerprint density at radius 3 is 2.89 bits per heavy atom. The van der Waals surface area contributed by atoms with Gasteiger partial charge in [0.25, 0.3) is 0 Å². The van der Waals surface area contributed by atoms with Gasteiger partial charge in [-0.05, 0) is 50.5 Å². The number of unbranched alkanes of at least 4 members (excludes halogenated alkanes) is 1. The molecule has 1 N–H and O–H groups in total. The molecule has 0 unspecified atom stereocenters. The highest BCUT2D eigenvalue weighted by Gasteiger charge is 2.17. The van der Waals surface area contributed by atoms with Gasteiger partial charge in [-0.25, -0.2) is 0 Å². The highest BCUT2D eigenvalue weighted by molar-refractivity contribution is 5.08. The predicted octanol–water partition coefficient (Wildman–Crippen LogP) is 2.44. The fraction of sp³-hybridized carbons (Fsp3) is 0.667. The van der Waals surface area contributed by atoms with Crippen molar-refractivity contribution < 1.29 is 0 Å². The van der Waals surface area contributed by atoms with Gasteiger partial charge in [0.05, 0.1) is 0 Å². The lowest BCUT2D eigenvalue weighted by molar-refractivity contribution is 0.195. The minimum atomic E-state index is 0.683. The Bertz CT molecular complexity index is 318. The molecule has 18 heavy (non-hydrogen) atoms. The van der Waals surface area contributed by atoms with Crippen LogP contribution in [0.2, 0.25) is 0 Å². The largest absolute Gasteiger partial charge is 0.310 e. The normalized spacial score (nSPS) is 18.1. The van der Waals surface area contributed by atoms with E-state index in [2.05, 4.69) is 28.2 Å². The summed E-state index contributed by atoms with van der Waals surface area (Å²) in [6.07, 6.45) is 8.99. The minimum Gasteiger partial charge on any atom is -0.310 e. The molecule has 0 bridgehead atoms. The molecule has 1 aromatic heterocycles. The molecule has 0 atom stereocenters. The zero-order valence-corrected chi connectivity index (χ0v) is 11.4. The molecular formula is C15H25N3. The van der Waals surface area contributed by atoms with E-state index in [-0.39, 0.29) is 0 Å². The van der Waals surface area contributed by atoms with Crippen LogP contribution in [0.25, 0.3) is 0 Å². The van der Waals surface area contributed by atoms with E-state index >= 15 is 0 Å². The molecule has 1 fully saturated rings. The number of piperidine rings is 1. The molecule has 0 amide bonds. The zero-order valence-electron chi connectivity index (χ0n) is 11.4. The van der Waals surface area contributed by atoms with Crippen molar-refractivity contribution >= 4 is 0 Å². The Morgan fingerprint density at radius 1 is 1.39 bits per heavy atom. The Morgan fingerprint density at radius 2 is 2.22 bits per heavy atom. The third-order valence-electron chi connectivity index (χ3n) is 3.73. The van der Waals surface area contributed by atoms with E-state index in [1.807, 2.05) is 18.5 Å². The van der Waals surface area contributed by atoms with Crippen LogP contribution in [0.1, 0.15) is 38.2 Å². The summed E-state index contributed by atoms with van der Waals surface area (Å²) in [4.78, 5) is 6.75. The van der Waals surface area contributed by atoms with Crippen LogP contribution in [-0.2, 0) is 6.54 Å². The van der Waals surface area contributed by atoms with Gasteiger partial charge in [0.2, 0.25) is 0 Å². The van der Waals surface area contributed by atoms with Crippen molar-refractivity contribution in [2.75, 3.05) is 19.6 Å². The van der Waals surface area contributed by atoms with Gasteiger partial charge in [-0.2, -0.15) is 0 Å². The van der Waals surface area contributed by atoms with Crippen molar-refractivity contribution in [1.82, 2.24) is 15.2 Å². The Kier molecular flexibility index (Phi) is 5.62. The van der Waals surface area contributed by atoms with E-state index in [9.17, 15) is 0 Å². The summed E-state index contributed by atoms with van der Waals surface area (Å²) in [7, 11) is 0. The van der Waals surface area contributed by atoms with Gasteiger partial charge in [-0.15, -0.1) is 0 Å². The summed E-state index contributed by atoms with van der Waals surface area (Å²) < 4.78 is 0. The van der Waals surface area contributed by atoms with Crippen LogP contribution >= 0.6 is 0 Å². The van der Waals surface area contributed by atoms with Gasteiger partial charge in [-0.3, -0.25) is 4.98 Å². The number of nitrogens with zero attached hydrogens (tertiary/aromatic N) is 2. The topological polar surface area (TPSA) is 28.2 Å². The van der Waals surface area contributed by atoms with Crippen LogP contribution in [0.15, 0.2) is 24.5 Å². The molecule has 0 aromatic carbocycles. The Labute approximate surface area is 111 Å². The number of pyridine rings is 1. The van der Waals surface area contributed by atoms with Crippen LogP contribution in [0.5, 0.6) is 0 Å². The minimum absolute atomic E-state index is 0.683. The molecule has 3 heteroatoms. The summed E-state index contributed by atoms with van der Waals surface area (Å²) in [5.41, 5.74) is 1.28. The van der Waals surface area contributed by atoms with Crippen LogP contribution in [-0.4, -0.2) is 35.6 Å². The number of hydrogen-bond donors (Lipinski definition) is 1. The molecule has 0 aliphatic carbocycles. The molecule has 1 aliphatic rings. The maximum absolute atomic E-state index is 4.15. The van der Waals surface area contributed by atoms with Gasteiger partial charge in [0, 0.05) is 25.0 Å². The van der Waals surface area contributed by atoms with E-state index in [1.54, 1.807) is 0 Å². The van der Waals surface area contributed by atoms with Crippen molar-refractivity contribution in [1.29, 1.82) is 0 Å². The molecule has 1 aliphatic heterocycles. The molecule has 1 aromatic rings. The van der Waals surface area contributed by atoms with Crippen LogP contribution < -0.4 is 5.32 Å². The highest BCUT2D eigenvalue weighted by Crippen LogP contribution is 2.11. The standard InChI is InChI=1S/C15H25N3/c1-2-3-9-18-10-6-15(7-11-18)17-13-14-5-4-8-16-12-14/h4-5,8,12,15,17H,2-3,6-7,9-11,13H2,1H3.